The molecule has 8 atom stereocenters. The quantitative estimate of drug-likeness (QED) is 0.397. The van der Waals surface area contributed by atoms with E-state index in [1.165, 1.54) is 44.9 Å². The Morgan fingerprint density at radius 2 is 1.70 bits per heavy atom. The van der Waals surface area contributed by atoms with Gasteiger partial charge in [-0.25, -0.2) is 4.39 Å². The number of nitroso groups, excluding NO2 is 1. The Hall–Kier alpha value is -0.730. The maximum absolute atomic E-state index is 15.1. The van der Waals surface area contributed by atoms with Crippen LogP contribution in [0, 0.1) is 57.2 Å². The van der Waals surface area contributed by atoms with E-state index in [2.05, 4.69) is 39.8 Å². The van der Waals surface area contributed by atoms with Crippen molar-refractivity contribution in [3.05, 3.63) is 16.4 Å². The highest BCUT2D eigenvalue weighted by atomic mass is 19.1. The number of hydrogen-bond acceptors (Lipinski definition) is 2. The first-order valence-corrected chi connectivity index (χ1v) is 12.9. The molecule has 170 valence electrons. The van der Waals surface area contributed by atoms with E-state index < -0.39 is 0 Å². The molecule has 2 nitrogen and oxygen atoms in total. The summed E-state index contributed by atoms with van der Waals surface area (Å²) in [5.41, 5.74) is 0.733. The standard InChI is InChI=1S/C27H44FNO/c1-17(2)7-6-8-18(3)20-11-12-21-19-9-10-23-25(28)24(29-30)14-16-27(23,5)22(19)13-15-26(20,21)4/h17-23H,6-16H2,1-5H3. The molecule has 4 aliphatic rings. The predicted molar refractivity (Wildman–Crippen MR) is 122 cm³/mol. The lowest BCUT2D eigenvalue weighted by molar-refractivity contribution is -0.103. The molecule has 8 unspecified atom stereocenters. The minimum absolute atomic E-state index is 0.0312. The summed E-state index contributed by atoms with van der Waals surface area (Å²) in [5, 5.41) is 3.04. The lowest BCUT2D eigenvalue weighted by atomic mass is 9.45. The summed E-state index contributed by atoms with van der Waals surface area (Å²) in [6.45, 7) is 12.2. The van der Waals surface area contributed by atoms with Crippen molar-refractivity contribution in [1.29, 1.82) is 0 Å². The summed E-state index contributed by atoms with van der Waals surface area (Å²) in [7, 11) is 0. The van der Waals surface area contributed by atoms with Crippen LogP contribution in [0.1, 0.15) is 105 Å². The lowest BCUT2D eigenvalue weighted by Crippen LogP contribution is -2.53. The molecule has 4 rings (SSSR count). The fourth-order valence-corrected chi connectivity index (χ4v) is 9.05. The Balaban J connectivity index is 1.50. The zero-order valence-corrected chi connectivity index (χ0v) is 20.1. The molecule has 3 saturated carbocycles. The van der Waals surface area contributed by atoms with Crippen LogP contribution < -0.4 is 0 Å². The van der Waals surface area contributed by atoms with E-state index in [9.17, 15) is 4.91 Å². The van der Waals surface area contributed by atoms with Crippen molar-refractivity contribution in [2.75, 3.05) is 0 Å². The van der Waals surface area contributed by atoms with E-state index in [4.69, 9.17) is 0 Å². The normalized spacial score (nSPS) is 44.4. The number of nitrogens with zero attached hydrogens (tertiary/aromatic N) is 1. The highest BCUT2D eigenvalue weighted by molar-refractivity contribution is 5.21. The Morgan fingerprint density at radius 3 is 2.40 bits per heavy atom. The van der Waals surface area contributed by atoms with Gasteiger partial charge in [0.2, 0.25) is 0 Å². The summed E-state index contributed by atoms with van der Waals surface area (Å²) >= 11 is 0. The molecule has 0 spiro atoms. The maximum atomic E-state index is 15.1. The van der Waals surface area contributed by atoms with Gasteiger partial charge in [-0.05, 0) is 103 Å². The molecule has 0 aromatic rings. The van der Waals surface area contributed by atoms with Gasteiger partial charge in [0.25, 0.3) is 0 Å². The molecule has 0 aromatic heterocycles. The molecule has 0 bridgehead atoms. The van der Waals surface area contributed by atoms with Gasteiger partial charge < -0.3 is 0 Å². The summed E-state index contributed by atoms with van der Waals surface area (Å²) < 4.78 is 15.1. The molecule has 0 radical (unpaired) electrons. The second-order valence-corrected chi connectivity index (χ2v) is 12.4. The minimum Gasteiger partial charge on any atom is -0.209 e. The molecule has 0 N–H and O–H groups in total. The number of hydrogen-bond donors (Lipinski definition) is 0. The van der Waals surface area contributed by atoms with Crippen molar-refractivity contribution in [3.63, 3.8) is 0 Å². The van der Waals surface area contributed by atoms with E-state index in [0.29, 0.717) is 17.8 Å². The molecule has 0 heterocycles. The first kappa shape index (κ1) is 22.5. The molecule has 3 fully saturated rings. The predicted octanol–water partition coefficient (Wildman–Crippen LogP) is 8.67. The lowest BCUT2D eigenvalue weighted by Gasteiger charge is -2.60. The van der Waals surface area contributed by atoms with Crippen LogP contribution in [0.25, 0.3) is 0 Å². The number of allylic oxidation sites excluding steroid dienone is 2. The SMILES string of the molecule is CC(C)CCCC(C)C1CCC2C3CCC4C(F)=C(N=O)CCC4(C)C3CCC12C. The summed E-state index contributed by atoms with van der Waals surface area (Å²) in [6, 6.07) is 0. The Bertz CT molecular complexity index is 686. The Labute approximate surface area is 183 Å². The highest BCUT2D eigenvalue weighted by Crippen LogP contribution is 2.69. The fourth-order valence-electron chi connectivity index (χ4n) is 9.05. The van der Waals surface area contributed by atoms with Crippen molar-refractivity contribution in [3.8, 4) is 0 Å². The average Bonchev–Trinajstić information content (AvgIpc) is 3.05. The third-order valence-electron chi connectivity index (χ3n) is 10.7. The molecule has 4 aliphatic carbocycles. The molecule has 3 heteroatoms. The van der Waals surface area contributed by atoms with Gasteiger partial charge in [-0.15, -0.1) is 4.91 Å². The second kappa shape index (κ2) is 8.32. The van der Waals surface area contributed by atoms with Crippen molar-refractivity contribution in [1.82, 2.24) is 0 Å². The molecule has 0 aromatic carbocycles. The van der Waals surface area contributed by atoms with Gasteiger partial charge in [0.1, 0.15) is 11.5 Å². The first-order valence-electron chi connectivity index (χ1n) is 12.9. The number of fused-ring (bicyclic) bond motifs is 5. The van der Waals surface area contributed by atoms with E-state index >= 15 is 4.39 Å². The van der Waals surface area contributed by atoms with E-state index in [0.717, 1.165) is 48.9 Å². The van der Waals surface area contributed by atoms with Crippen LogP contribution in [-0.4, -0.2) is 0 Å². The zero-order valence-electron chi connectivity index (χ0n) is 20.1. The van der Waals surface area contributed by atoms with Gasteiger partial charge in [-0.1, -0.05) is 53.9 Å². The number of halogens is 1. The van der Waals surface area contributed by atoms with Gasteiger partial charge in [-0.3, -0.25) is 0 Å². The van der Waals surface area contributed by atoms with Crippen molar-refractivity contribution < 1.29 is 4.39 Å². The van der Waals surface area contributed by atoms with Gasteiger partial charge in [0, 0.05) is 5.92 Å². The van der Waals surface area contributed by atoms with E-state index in [1.54, 1.807) is 0 Å². The van der Waals surface area contributed by atoms with Gasteiger partial charge in [0.05, 0.1) is 0 Å². The molecule has 0 aliphatic heterocycles. The van der Waals surface area contributed by atoms with Crippen LogP contribution in [0.3, 0.4) is 0 Å². The van der Waals surface area contributed by atoms with Crippen molar-refractivity contribution in [2.24, 2.45) is 57.4 Å². The van der Waals surface area contributed by atoms with Crippen LogP contribution in [0.4, 0.5) is 4.39 Å². The van der Waals surface area contributed by atoms with Crippen molar-refractivity contribution >= 4 is 0 Å². The van der Waals surface area contributed by atoms with Gasteiger partial charge in [0.15, 0.2) is 0 Å². The van der Waals surface area contributed by atoms with Crippen molar-refractivity contribution in [2.45, 2.75) is 105 Å². The summed E-state index contributed by atoms with van der Waals surface area (Å²) in [6.07, 6.45) is 13.1. The number of rotatable bonds is 6. The third kappa shape index (κ3) is 3.51. The smallest absolute Gasteiger partial charge is 0.128 e. The second-order valence-electron chi connectivity index (χ2n) is 12.4. The van der Waals surface area contributed by atoms with Crippen LogP contribution in [-0.2, 0) is 0 Å². The first-order chi connectivity index (χ1) is 14.2. The highest BCUT2D eigenvalue weighted by Gasteiger charge is 2.61. The largest absolute Gasteiger partial charge is 0.209 e. The average molecular weight is 418 g/mol. The van der Waals surface area contributed by atoms with Crippen LogP contribution >= 0.6 is 0 Å². The van der Waals surface area contributed by atoms with Crippen LogP contribution in [0.2, 0.25) is 0 Å². The third-order valence-corrected chi connectivity index (χ3v) is 10.7. The van der Waals surface area contributed by atoms with E-state index in [-0.39, 0.29) is 22.9 Å². The van der Waals surface area contributed by atoms with E-state index in [1.807, 2.05) is 0 Å². The van der Waals surface area contributed by atoms with Crippen LogP contribution in [0.5, 0.6) is 0 Å². The monoisotopic (exact) mass is 417 g/mol. The minimum atomic E-state index is -0.159. The zero-order chi connectivity index (χ0) is 21.7. The fraction of sp³-hybridized carbons (Fsp3) is 0.926. The Kier molecular flexibility index (Phi) is 6.23. The summed E-state index contributed by atoms with van der Waals surface area (Å²) in [5.74, 6) is 4.51. The maximum Gasteiger partial charge on any atom is 0.128 e. The molecule has 30 heavy (non-hydrogen) atoms. The summed E-state index contributed by atoms with van der Waals surface area (Å²) in [4.78, 5) is 11.1. The topological polar surface area (TPSA) is 29.4 Å². The van der Waals surface area contributed by atoms with Crippen LogP contribution in [0.15, 0.2) is 16.7 Å². The molecular weight excluding hydrogens is 373 g/mol. The molecular formula is C27H44FNO. The molecule has 0 saturated heterocycles. The Morgan fingerprint density at radius 1 is 0.967 bits per heavy atom. The molecule has 0 amide bonds. The van der Waals surface area contributed by atoms with Gasteiger partial charge >= 0.3 is 0 Å². The van der Waals surface area contributed by atoms with Gasteiger partial charge in [-0.2, -0.15) is 0 Å².